The van der Waals surface area contributed by atoms with Crippen molar-refractivity contribution in [2.45, 2.75) is 7.43 Å². The number of ether oxygens (including phenoxy) is 2. The van der Waals surface area contributed by atoms with Crippen LogP contribution in [0.2, 0.25) is 5.15 Å². The lowest BCUT2D eigenvalue weighted by Crippen LogP contribution is -2.43. The second-order valence-corrected chi connectivity index (χ2v) is 6.70. The molecule has 0 unspecified atom stereocenters. The molecule has 0 saturated carbocycles. The van der Waals surface area contributed by atoms with Gasteiger partial charge in [-0.3, -0.25) is 0 Å². The number of anilines is 1. The molecule has 2 aliphatic heterocycles. The lowest BCUT2D eigenvalue weighted by molar-refractivity contribution is 0.414. The number of methoxy groups -OCH3 is 2. The molecule has 2 aromatic heterocycles. The van der Waals surface area contributed by atoms with Crippen molar-refractivity contribution >= 4 is 17.4 Å². The summed E-state index contributed by atoms with van der Waals surface area (Å²) in [6.07, 6.45) is 3.39. The maximum atomic E-state index is 5.53. The third-order valence-electron chi connectivity index (χ3n) is 4.28. The molecule has 0 spiro atoms. The lowest BCUT2D eigenvalue weighted by atomic mass is 10.3. The first kappa shape index (κ1) is 25.9. The molecule has 8 nitrogen and oxygen atoms in total. The number of aromatic nitrogens is 2. The van der Waals surface area contributed by atoms with Crippen LogP contribution in [0, 0.1) is 0 Å². The van der Waals surface area contributed by atoms with E-state index in [9.17, 15) is 0 Å². The molecule has 0 amide bonds. The quantitative estimate of drug-likeness (QED) is 0.628. The molecule has 2 aromatic rings. The van der Waals surface area contributed by atoms with Gasteiger partial charge >= 0.3 is 0 Å². The summed E-state index contributed by atoms with van der Waals surface area (Å²) < 4.78 is 10.0. The van der Waals surface area contributed by atoms with Crippen LogP contribution in [0.1, 0.15) is 7.43 Å². The molecule has 4 heterocycles. The number of rotatable bonds is 3. The highest BCUT2D eigenvalue weighted by Crippen LogP contribution is 2.17. The van der Waals surface area contributed by atoms with Gasteiger partial charge in [0.25, 0.3) is 0 Å². The third kappa shape index (κ3) is 10.1. The van der Waals surface area contributed by atoms with Gasteiger partial charge in [0.15, 0.2) is 0 Å². The fourth-order valence-corrected chi connectivity index (χ4v) is 2.87. The zero-order valence-electron chi connectivity index (χ0n) is 17.2. The summed E-state index contributed by atoms with van der Waals surface area (Å²) in [6, 6.07) is 7.24. The summed E-state index contributed by atoms with van der Waals surface area (Å²) in [7, 11) is 3.27. The normalized spacial score (nSPS) is 15.4. The first-order valence-electron chi connectivity index (χ1n) is 9.75. The number of halogens is 1. The van der Waals surface area contributed by atoms with Gasteiger partial charge in [0.2, 0.25) is 0 Å². The van der Waals surface area contributed by atoms with E-state index in [1.165, 1.54) is 0 Å². The van der Waals surface area contributed by atoms with Crippen molar-refractivity contribution in [1.82, 2.24) is 25.9 Å². The highest BCUT2D eigenvalue weighted by Gasteiger charge is 2.11. The third-order valence-corrected chi connectivity index (χ3v) is 4.49. The summed E-state index contributed by atoms with van der Waals surface area (Å²) in [5.74, 6) is 2.61. The molecule has 2 saturated heterocycles. The summed E-state index contributed by atoms with van der Waals surface area (Å²) >= 11 is 5.53. The van der Waals surface area contributed by atoms with E-state index in [-0.39, 0.29) is 7.43 Å². The van der Waals surface area contributed by atoms with Crippen LogP contribution in [0.3, 0.4) is 0 Å². The Morgan fingerprint density at radius 2 is 1.30 bits per heavy atom. The largest absolute Gasteiger partial charge is 0.497 e. The Morgan fingerprint density at radius 3 is 1.77 bits per heavy atom. The fourth-order valence-electron chi connectivity index (χ4n) is 2.71. The number of nitrogens with one attached hydrogen (secondary N) is 3. The van der Waals surface area contributed by atoms with Gasteiger partial charge in [0, 0.05) is 76.9 Å². The standard InChI is InChI=1S/C10H15N3O.C6H6ClNO.C4H10N2.CH4/c1-14-9-2-3-12-10(8-9)13-6-4-11-5-7-13;1-9-5-2-3-8-6(7)4-5;1-2-6-4-3-5-1;/h2-3,8,11H,4-7H2,1H3;2-4H,1H3;5-6H,1-4H2;1H4. The molecule has 0 aliphatic carbocycles. The molecule has 2 fully saturated rings. The van der Waals surface area contributed by atoms with E-state index in [1.807, 2.05) is 12.1 Å². The van der Waals surface area contributed by atoms with Gasteiger partial charge < -0.3 is 30.3 Å². The maximum absolute atomic E-state index is 5.53. The summed E-state index contributed by atoms with van der Waals surface area (Å²) in [6.45, 7) is 8.64. The molecule has 0 aromatic carbocycles. The molecular weight excluding hydrogens is 404 g/mol. The highest BCUT2D eigenvalue weighted by molar-refractivity contribution is 6.29. The minimum atomic E-state index is 0. The molecule has 0 atom stereocenters. The second-order valence-electron chi connectivity index (χ2n) is 6.31. The summed E-state index contributed by atoms with van der Waals surface area (Å²) in [4.78, 5) is 10.4. The van der Waals surface area contributed by atoms with Crippen molar-refractivity contribution < 1.29 is 9.47 Å². The predicted molar refractivity (Wildman–Crippen MR) is 124 cm³/mol. The average molecular weight is 439 g/mol. The molecule has 168 valence electrons. The van der Waals surface area contributed by atoms with Crippen molar-refractivity contribution in [3.63, 3.8) is 0 Å². The van der Waals surface area contributed by atoms with Crippen LogP contribution in [-0.4, -0.2) is 76.5 Å². The lowest BCUT2D eigenvalue weighted by Gasteiger charge is -2.28. The van der Waals surface area contributed by atoms with E-state index in [0.29, 0.717) is 5.15 Å². The molecule has 4 rings (SSSR count). The minimum absolute atomic E-state index is 0. The number of hydrogen-bond donors (Lipinski definition) is 3. The van der Waals surface area contributed by atoms with Crippen molar-refractivity contribution in [3.05, 3.63) is 41.8 Å². The maximum Gasteiger partial charge on any atom is 0.132 e. The molecule has 30 heavy (non-hydrogen) atoms. The Balaban J connectivity index is 0.000000242. The van der Waals surface area contributed by atoms with Gasteiger partial charge in [-0.05, 0) is 12.1 Å². The number of nitrogens with zero attached hydrogens (tertiary/aromatic N) is 3. The Bertz CT molecular complexity index is 685. The topological polar surface area (TPSA) is 83.6 Å². The Hall–Kier alpha value is -2.13. The minimum Gasteiger partial charge on any atom is -0.497 e. The van der Waals surface area contributed by atoms with E-state index in [0.717, 1.165) is 69.7 Å². The van der Waals surface area contributed by atoms with Crippen LogP contribution in [0.25, 0.3) is 0 Å². The van der Waals surface area contributed by atoms with E-state index in [4.69, 9.17) is 21.1 Å². The van der Waals surface area contributed by atoms with Crippen LogP contribution in [0.15, 0.2) is 36.7 Å². The number of piperazine rings is 2. The van der Waals surface area contributed by atoms with Gasteiger partial charge in [-0.1, -0.05) is 19.0 Å². The van der Waals surface area contributed by atoms with Gasteiger partial charge in [0.05, 0.1) is 14.2 Å². The van der Waals surface area contributed by atoms with Gasteiger partial charge in [-0.2, -0.15) is 0 Å². The molecule has 0 radical (unpaired) electrons. The molecule has 0 bridgehead atoms. The smallest absolute Gasteiger partial charge is 0.132 e. The van der Waals surface area contributed by atoms with Crippen LogP contribution in [0.5, 0.6) is 11.5 Å². The van der Waals surface area contributed by atoms with Crippen LogP contribution >= 0.6 is 11.6 Å². The first-order chi connectivity index (χ1) is 14.2. The van der Waals surface area contributed by atoms with E-state index < -0.39 is 0 Å². The number of hydrogen-bond acceptors (Lipinski definition) is 8. The van der Waals surface area contributed by atoms with Crippen molar-refractivity contribution in [3.8, 4) is 11.5 Å². The Labute approximate surface area is 185 Å². The summed E-state index contributed by atoms with van der Waals surface area (Å²) in [5, 5.41) is 10.2. The Kier molecular flexibility index (Phi) is 13.5. The first-order valence-corrected chi connectivity index (χ1v) is 10.1. The van der Waals surface area contributed by atoms with E-state index >= 15 is 0 Å². The summed E-state index contributed by atoms with van der Waals surface area (Å²) in [5.41, 5.74) is 0. The zero-order valence-corrected chi connectivity index (χ0v) is 17.9. The van der Waals surface area contributed by atoms with Crippen molar-refractivity contribution in [1.29, 1.82) is 0 Å². The zero-order chi connectivity index (χ0) is 20.7. The molecular formula is C21H35ClN6O2. The van der Waals surface area contributed by atoms with Crippen LogP contribution < -0.4 is 30.3 Å². The number of pyridine rings is 2. The molecule has 9 heteroatoms. The SMILES string of the molecule is C.C1CNCCN1.COc1ccnc(Cl)c1.COc1ccnc(N2CCNCC2)c1. The van der Waals surface area contributed by atoms with Gasteiger partial charge in [-0.15, -0.1) is 0 Å². The monoisotopic (exact) mass is 438 g/mol. The fraction of sp³-hybridized carbons (Fsp3) is 0.524. The van der Waals surface area contributed by atoms with Gasteiger partial charge in [0.1, 0.15) is 22.5 Å². The second kappa shape index (κ2) is 15.7. The van der Waals surface area contributed by atoms with Crippen molar-refractivity contribution in [2.75, 3.05) is 71.5 Å². The van der Waals surface area contributed by atoms with Crippen molar-refractivity contribution in [2.24, 2.45) is 0 Å². The van der Waals surface area contributed by atoms with E-state index in [2.05, 4.69) is 30.8 Å². The highest BCUT2D eigenvalue weighted by atomic mass is 35.5. The predicted octanol–water partition coefficient (Wildman–Crippen LogP) is 2.06. The molecule has 2 aliphatic rings. The van der Waals surface area contributed by atoms with Crippen LogP contribution in [-0.2, 0) is 0 Å². The average Bonchev–Trinajstić information content (AvgIpc) is 2.81. The molecule has 3 N–H and O–H groups in total. The Morgan fingerprint density at radius 1 is 0.800 bits per heavy atom. The van der Waals surface area contributed by atoms with E-state index in [1.54, 1.807) is 38.7 Å². The van der Waals surface area contributed by atoms with Gasteiger partial charge in [-0.25, -0.2) is 9.97 Å². The van der Waals surface area contributed by atoms with Crippen LogP contribution in [0.4, 0.5) is 5.82 Å².